The number of alkyl halides is 3. The van der Waals surface area contributed by atoms with Crippen molar-refractivity contribution < 1.29 is 32.4 Å². The number of benzene rings is 1. The minimum absolute atomic E-state index is 0.132. The van der Waals surface area contributed by atoms with Gasteiger partial charge in [0, 0.05) is 19.0 Å². The van der Waals surface area contributed by atoms with Crippen LogP contribution >= 0.6 is 0 Å². The van der Waals surface area contributed by atoms with Crippen molar-refractivity contribution in [3.05, 3.63) is 33.9 Å². The van der Waals surface area contributed by atoms with E-state index < -0.39 is 40.1 Å². The van der Waals surface area contributed by atoms with Crippen LogP contribution < -0.4 is 4.74 Å². The molecule has 1 aliphatic heterocycles. The van der Waals surface area contributed by atoms with Gasteiger partial charge in [-0.1, -0.05) is 0 Å². The number of hydrogen-bond donors (Lipinski definition) is 0. The van der Waals surface area contributed by atoms with Crippen LogP contribution in [-0.4, -0.2) is 40.7 Å². The van der Waals surface area contributed by atoms with E-state index in [4.69, 9.17) is 9.47 Å². The Morgan fingerprint density at radius 3 is 2.50 bits per heavy atom. The highest BCUT2D eigenvalue weighted by Crippen LogP contribution is 2.37. The van der Waals surface area contributed by atoms with Gasteiger partial charge in [0.2, 0.25) is 0 Å². The summed E-state index contributed by atoms with van der Waals surface area (Å²) in [7, 11) is 0. The van der Waals surface area contributed by atoms with E-state index in [2.05, 4.69) is 0 Å². The van der Waals surface area contributed by atoms with E-state index >= 15 is 0 Å². The summed E-state index contributed by atoms with van der Waals surface area (Å²) in [4.78, 5) is 23.6. The molecule has 1 fully saturated rings. The predicted molar refractivity (Wildman–Crippen MR) is 84.9 cm³/mol. The molecule has 1 aromatic rings. The smallest absolute Gasteiger partial charge is 0.416 e. The summed E-state index contributed by atoms with van der Waals surface area (Å²) in [6.07, 6.45) is -5.41. The van der Waals surface area contributed by atoms with Crippen LogP contribution in [-0.2, 0) is 10.9 Å². The van der Waals surface area contributed by atoms with Crippen molar-refractivity contribution in [3.63, 3.8) is 0 Å². The van der Waals surface area contributed by atoms with Gasteiger partial charge in [-0.2, -0.15) is 13.2 Å². The topological polar surface area (TPSA) is 81.9 Å². The number of nitro benzene ring substituents is 1. The molecule has 2 rings (SSSR count). The van der Waals surface area contributed by atoms with Crippen molar-refractivity contribution in [2.24, 2.45) is 0 Å². The lowest BCUT2D eigenvalue weighted by Crippen LogP contribution is -2.36. The van der Waals surface area contributed by atoms with Crippen LogP contribution in [0.1, 0.15) is 32.8 Å². The molecule has 0 aromatic heterocycles. The number of nitro groups is 1. The molecule has 10 heteroatoms. The second kappa shape index (κ2) is 7.00. The monoisotopic (exact) mass is 376 g/mol. The van der Waals surface area contributed by atoms with Gasteiger partial charge in [0.25, 0.3) is 0 Å². The predicted octanol–water partition coefficient (Wildman–Crippen LogP) is 4.00. The summed E-state index contributed by atoms with van der Waals surface area (Å²) in [5.41, 5.74) is -2.56. The number of hydrogen-bond acceptors (Lipinski definition) is 5. The lowest BCUT2D eigenvalue weighted by molar-refractivity contribution is -0.386. The highest BCUT2D eigenvalue weighted by atomic mass is 19.4. The van der Waals surface area contributed by atoms with Crippen molar-refractivity contribution in [3.8, 4) is 5.75 Å². The van der Waals surface area contributed by atoms with Crippen LogP contribution in [0.25, 0.3) is 0 Å². The molecule has 1 aliphatic rings. The van der Waals surface area contributed by atoms with Crippen LogP contribution in [0.3, 0.4) is 0 Å². The van der Waals surface area contributed by atoms with Gasteiger partial charge >= 0.3 is 18.0 Å². The number of halogens is 3. The van der Waals surface area contributed by atoms with E-state index in [0.717, 1.165) is 12.1 Å². The molecule has 144 valence electrons. The number of rotatable bonds is 3. The molecule has 0 bridgehead atoms. The standard InChI is InChI=1S/C16H19F3N2O5/c1-15(2,3)26-14(22)20-7-6-11(9-20)25-13-5-4-10(16(17,18)19)8-12(13)21(23)24/h4-5,8,11H,6-7,9H2,1-3H3/t11-/m0/s1. The zero-order valence-electron chi connectivity index (χ0n) is 14.5. The lowest BCUT2D eigenvalue weighted by atomic mass is 10.2. The van der Waals surface area contributed by atoms with Crippen LogP contribution in [0.5, 0.6) is 5.75 Å². The fourth-order valence-corrected chi connectivity index (χ4v) is 2.43. The molecule has 1 saturated heterocycles. The molecule has 0 spiro atoms. The largest absolute Gasteiger partial charge is 0.482 e. The van der Waals surface area contributed by atoms with Gasteiger partial charge in [-0.25, -0.2) is 4.79 Å². The molecular formula is C16H19F3N2O5. The fraction of sp³-hybridized carbons (Fsp3) is 0.562. The van der Waals surface area contributed by atoms with Crippen molar-refractivity contribution in [1.29, 1.82) is 0 Å². The van der Waals surface area contributed by atoms with Crippen molar-refractivity contribution in [2.75, 3.05) is 13.1 Å². The third kappa shape index (κ3) is 4.99. The maximum Gasteiger partial charge on any atom is 0.416 e. The zero-order valence-corrected chi connectivity index (χ0v) is 14.5. The van der Waals surface area contributed by atoms with Crippen LogP contribution in [0.4, 0.5) is 23.7 Å². The Kier molecular flexibility index (Phi) is 5.33. The van der Waals surface area contributed by atoms with Gasteiger partial charge in [-0.15, -0.1) is 0 Å². The molecule has 0 saturated carbocycles. The van der Waals surface area contributed by atoms with Crippen LogP contribution in [0.15, 0.2) is 18.2 Å². The van der Waals surface area contributed by atoms with Gasteiger partial charge in [0.05, 0.1) is 17.0 Å². The average molecular weight is 376 g/mol. The molecule has 26 heavy (non-hydrogen) atoms. The Morgan fingerprint density at radius 1 is 1.31 bits per heavy atom. The quantitative estimate of drug-likeness (QED) is 0.588. The van der Waals surface area contributed by atoms with Gasteiger partial charge in [-0.3, -0.25) is 10.1 Å². The van der Waals surface area contributed by atoms with Crippen molar-refractivity contribution in [2.45, 2.75) is 45.1 Å². The molecule has 1 heterocycles. The van der Waals surface area contributed by atoms with E-state index in [-0.39, 0.29) is 12.3 Å². The van der Waals surface area contributed by atoms with Gasteiger partial charge in [0.1, 0.15) is 11.7 Å². The van der Waals surface area contributed by atoms with Crippen molar-refractivity contribution in [1.82, 2.24) is 4.90 Å². The third-order valence-corrected chi connectivity index (χ3v) is 3.57. The first kappa shape index (κ1) is 19.8. The van der Waals surface area contributed by atoms with E-state index in [0.29, 0.717) is 19.0 Å². The SMILES string of the molecule is CC(C)(C)OC(=O)N1CC[C@H](Oc2ccc(C(F)(F)F)cc2[N+](=O)[O-])C1. The first-order valence-corrected chi connectivity index (χ1v) is 7.87. The minimum atomic E-state index is -4.69. The molecular weight excluding hydrogens is 357 g/mol. The Labute approximate surface area is 147 Å². The maximum absolute atomic E-state index is 12.7. The number of nitrogens with zero attached hydrogens (tertiary/aromatic N) is 2. The molecule has 0 unspecified atom stereocenters. The number of ether oxygens (including phenoxy) is 2. The Bertz CT molecular complexity index is 700. The van der Waals surface area contributed by atoms with Crippen LogP contribution in [0.2, 0.25) is 0 Å². The second-order valence-corrected chi connectivity index (χ2v) is 6.89. The summed E-state index contributed by atoms with van der Waals surface area (Å²) in [5, 5.41) is 11.1. The third-order valence-electron chi connectivity index (χ3n) is 3.57. The molecule has 0 aliphatic carbocycles. The Morgan fingerprint density at radius 2 is 1.96 bits per heavy atom. The molecule has 0 N–H and O–H groups in total. The molecule has 7 nitrogen and oxygen atoms in total. The second-order valence-electron chi connectivity index (χ2n) is 6.89. The maximum atomic E-state index is 12.7. The summed E-state index contributed by atoms with van der Waals surface area (Å²) in [6, 6.07) is 2.09. The van der Waals surface area contributed by atoms with E-state index in [1.54, 1.807) is 20.8 Å². The Hall–Kier alpha value is -2.52. The van der Waals surface area contributed by atoms with Gasteiger partial charge in [0.15, 0.2) is 5.75 Å². The normalized spacial score (nSPS) is 17.9. The molecule has 1 atom stereocenters. The highest BCUT2D eigenvalue weighted by Gasteiger charge is 2.35. The summed E-state index contributed by atoms with van der Waals surface area (Å²) in [6.45, 7) is 5.63. The highest BCUT2D eigenvalue weighted by molar-refractivity contribution is 5.68. The number of carbonyl (C=O) groups is 1. The molecule has 1 aromatic carbocycles. The minimum Gasteiger partial charge on any atom is -0.482 e. The number of amides is 1. The van der Waals surface area contributed by atoms with Gasteiger partial charge in [-0.05, 0) is 32.9 Å². The summed E-state index contributed by atoms with van der Waals surface area (Å²) in [5.74, 6) is -0.265. The van der Waals surface area contributed by atoms with Crippen LogP contribution in [0, 0.1) is 10.1 Å². The van der Waals surface area contributed by atoms with E-state index in [1.165, 1.54) is 4.90 Å². The zero-order chi connectivity index (χ0) is 19.7. The first-order chi connectivity index (χ1) is 11.9. The van der Waals surface area contributed by atoms with E-state index in [1.807, 2.05) is 0 Å². The number of carbonyl (C=O) groups excluding carboxylic acids is 1. The summed E-state index contributed by atoms with van der Waals surface area (Å²) < 4.78 is 48.9. The molecule has 1 amide bonds. The van der Waals surface area contributed by atoms with E-state index in [9.17, 15) is 28.1 Å². The van der Waals surface area contributed by atoms with Gasteiger partial charge < -0.3 is 14.4 Å². The van der Waals surface area contributed by atoms with Crippen molar-refractivity contribution >= 4 is 11.8 Å². The number of likely N-dealkylation sites (tertiary alicyclic amines) is 1. The molecule has 0 radical (unpaired) electrons. The summed E-state index contributed by atoms with van der Waals surface area (Å²) >= 11 is 0. The average Bonchev–Trinajstić information content (AvgIpc) is 2.93. The first-order valence-electron chi connectivity index (χ1n) is 7.87. The fourth-order valence-electron chi connectivity index (χ4n) is 2.43. The lowest BCUT2D eigenvalue weighted by Gasteiger charge is -2.24. The Balaban J connectivity index is 2.10.